The van der Waals surface area contributed by atoms with Gasteiger partial charge in [-0.25, -0.2) is 9.98 Å². The predicted octanol–water partition coefficient (Wildman–Crippen LogP) is 1.65. The van der Waals surface area contributed by atoms with E-state index in [1.54, 1.807) is 0 Å². The van der Waals surface area contributed by atoms with Crippen LogP contribution in [0.4, 0.5) is 0 Å². The first kappa shape index (κ1) is 16.5. The number of hydrogen-bond acceptors (Lipinski definition) is 4. The van der Waals surface area contributed by atoms with Crippen LogP contribution in [0.3, 0.4) is 0 Å². The SMILES string of the molecule is C=CC(=O)NC1=CC=CC(C2=NC(N=C(N)/C=C\N)=CCC2)C1. The second-order valence-electron chi connectivity index (χ2n) is 5.18. The van der Waals surface area contributed by atoms with E-state index < -0.39 is 0 Å². The Bertz CT molecular complexity index is 664. The van der Waals surface area contributed by atoms with Crippen molar-refractivity contribution in [3.63, 3.8) is 0 Å². The molecule has 0 spiro atoms. The molecule has 0 bridgehead atoms. The number of aliphatic imine (C=N–C) groups is 2. The molecule has 5 N–H and O–H groups in total. The highest BCUT2D eigenvalue weighted by Gasteiger charge is 2.20. The molecule has 0 aromatic carbocycles. The summed E-state index contributed by atoms with van der Waals surface area (Å²) in [5.74, 6) is 0.857. The summed E-state index contributed by atoms with van der Waals surface area (Å²) in [6.07, 6.45) is 14.4. The van der Waals surface area contributed by atoms with Crippen LogP contribution in [0.1, 0.15) is 19.3 Å². The van der Waals surface area contributed by atoms with E-state index in [0.717, 1.165) is 24.3 Å². The Morgan fingerprint density at radius 3 is 3.09 bits per heavy atom. The summed E-state index contributed by atoms with van der Waals surface area (Å²) in [7, 11) is 0. The van der Waals surface area contributed by atoms with Gasteiger partial charge in [0.1, 0.15) is 11.7 Å². The highest BCUT2D eigenvalue weighted by Crippen LogP contribution is 2.24. The Morgan fingerprint density at radius 2 is 2.35 bits per heavy atom. The fraction of sp³-hybridized carbons (Fsp3) is 0.235. The lowest BCUT2D eigenvalue weighted by atomic mass is 9.90. The van der Waals surface area contributed by atoms with E-state index in [1.807, 2.05) is 18.2 Å². The number of rotatable bonds is 5. The molecule has 1 aliphatic carbocycles. The number of hydrogen-bond donors (Lipinski definition) is 3. The molecule has 2 aliphatic rings. The Balaban J connectivity index is 2.09. The van der Waals surface area contributed by atoms with Crippen molar-refractivity contribution in [2.45, 2.75) is 19.3 Å². The standard InChI is InChI=1S/C17H21N5O/c1-2-17(23)20-13-6-3-5-12(11-13)14-7-4-8-16(21-14)22-15(19)9-10-18/h2-3,5-6,8-10,12H,1,4,7,11,18H2,(H2,19,22)(H,20,23)/b10-9-. The maximum absolute atomic E-state index is 11.4. The molecule has 120 valence electrons. The van der Waals surface area contributed by atoms with Gasteiger partial charge in [0.05, 0.1) is 0 Å². The molecule has 1 amide bonds. The Labute approximate surface area is 135 Å². The number of allylic oxidation sites excluding steroid dienone is 5. The van der Waals surface area contributed by atoms with E-state index in [-0.39, 0.29) is 11.8 Å². The summed E-state index contributed by atoms with van der Waals surface area (Å²) < 4.78 is 0. The highest BCUT2D eigenvalue weighted by molar-refractivity contribution is 5.94. The minimum Gasteiger partial charge on any atom is -0.404 e. The Morgan fingerprint density at radius 1 is 1.52 bits per heavy atom. The molecule has 6 heteroatoms. The average molecular weight is 311 g/mol. The van der Waals surface area contributed by atoms with Crippen LogP contribution in [0, 0.1) is 5.92 Å². The maximum atomic E-state index is 11.4. The zero-order valence-corrected chi connectivity index (χ0v) is 12.9. The third-order valence-electron chi connectivity index (χ3n) is 3.47. The summed E-state index contributed by atoms with van der Waals surface area (Å²) in [6, 6.07) is 0. The summed E-state index contributed by atoms with van der Waals surface area (Å²) in [6.45, 7) is 3.46. The topological polar surface area (TPSA) is 106 Å². The largest absolute Gasteiger partial charge is 0.404 e. The lowest BCUT2D eigenvalue weighted by Gasteiger charge is -2.22. The number of amidine groups is 1. The van der Waals surface area contributed by atoms with Crippen LogP contribution in [0.5, 0.6) is 0 Å². The average Bonchev–Trinajstić information content (AvgIpc) is 2.55. The molecule has 0 radical (unpaired) electrons. The van der Waals surface area contributed by atoms with Crippen molar-refractivity contribution >= 4 is 17.5 Å². The van der Waals surface area contributed by atoms with Gasteiger partial charge in [0, 0.05) is 17.3 Å². The number of nitrogens with zero attached hydrogens (tertiary/aromatic N) is 2. The second kappa shape index (κ2) is 7.93. The summed E-state index contributed by atoms with van der Waals surface area (Å²) in [5.41, 5.74) is 12.9. The zero-order valence-electron chi connectivity index (χ0n) is 12.9. The van der Waals surface area contributed by atoms with Crippen molar-refractivity contribution in [2.24, 2.45) is 27.4 Å². The molecule has 1 atom stereocenters. The Hall–Kier alpha value is -2.89. The fourth-order valence-electron chi connectivity index (χ4n) is 2.41. The number of amides is 1. The van der Waals surface area contributed by atoms with Gasteiger partial charge in [-0.3, -0.25) is 4.79 Å². The van der Waals surface area contributed by atoms with Gasteiger partial charge < -0.3 is 16.8 Å². The summed E-state index contributed by atoms with van der Waals surface area (Å²) in [4.78, 5) is 20.2. The molecule has 1 aliphatic heterocycles. The van der Waals surface area contributed by atoms with Crippen molar-refractivity contribution in [3.8, 4) is 0 Å². The highest BCUT2D eigenvalue weighted by atomic mass is 16.1. The van der Waals surface area contributed by atoms with E-state index in [9.17, 15) is 4.79 Å². The monoisotopic (exact) mass is 311 g/mol. The molecule has 0 saturated heterocycles. The van der Waals surface area contributed by atoms with Crippen LogP contribution >= 0.6 is 0 Å². The van der Waals surface area contributed by atoms with Crippen molar-refractivity contribution in [2.75, 3.05) is 0 Å². The van der Waals surface area contributed by atoms with Crippen LogP contribution < -0.4 is 16.8 Å². The molecular weight excluding hydrogens is 290 g/mol. The molecular formula is C17H21N5O. The van der Waals surface area contributed by atoms with Crippen LogP contribution in [0.15, 0.2) is 70.7 Å². The van der Waals surface area contributed by atoms with Crippen LogP contribution in [0.25, 0.3) is 0 Å². The maximum Gasteiger partial charge on any atom is 0.247 e. The molecule has 23 heavy (non-hydrogen) atoms. The summed E-state index contributed by atoms with van der Waals surface area (Å²) >= 11 is 0. The number of nitrogens with one attached hydrogen (secondary N) is 1. The van der Waals surface area contributed by atoms with Gasteiger partial charge in [-0.05, 0) is 49.8 Å². The van der Waals surface area contributed by atoms with E-state index in [4.69, 9.17) is 11.5 Å². The minimum atomic E-state index is -0.206. The normalized spacial score (nSPS) is 21.5. The molecule has 6 nitrogen and oxygen atoms in total. The van der Waals surface area contributed by atoms with Gasteiger partial charge in [-0.2, -0.15) is 0 Å². The van der Waals surface area contributed by atoms with Crippen molar-refractivity contribution in [3.05, 3.63) is 60.8 Å². The van der Waals surface area contributed by atoms with Crippen molar-refractivity contribution in [1.29, 1.82) is 0 Å². The van der Waals surface area contributed by atoms with E-state index in [1.165, 1.54) is 18.4 Å². The number of nitrogens with two attached hydrogens (primary N) is 2. The molecule has 2 rings (SSSR count). The molecule has 0 aromatic heterocycles. The zero-order chi connectivity index (χ0) is 16.7. The van der Waals surface area contributed by atoms with Gasteiger partial charge in [-0.15, -0.1) is 0 Å². The van der Waals surface area contributed by atoms with Gasteiger partial charge in [0.2, 0.25) is 5.91 Å². The first-order valence-electron chi connectivity index (χ1n) is 7.43. The van der Waals surface area contributed by atoms with Gasteiger partial charge in [0.15, 0.2) is 0 Å². The fourth-order valence-corrected chi connectivity index (χ4v) is 2.41. The molecule has 0 aromatic rings. The second-order valence-corrected chi connectivity index (χ2v) is 5.18. The Kier molecular flexibility index (Phi) is 5.68. The summed E-state index contributed by atoms with van der Waals surface area (Å²) in [5, 5.41) is 2.81. The van der Waals surface area contributed by atoms with Crippen molar-refractivity contribution in [1.82, 2.24) is 5.32 Å². The van der Waals surface area contributed by atoms with E-state index in [0.29, 0.717) is 18.1 Å². The first-order valence-corrected chi connectivity index (χ1v) is 7.43. The van der Waals surface area contributed by atoms with Gasteiger partial charge in [0.25, 0.3) is 0 Å². The van der Waals surface area contributed by atoms with Crippen molar-refractivity contribution < 1.29 is 4.79 Å². The lowest BCUT2D eigenvalue weighted by molar-refractivity contribution is -0.115. The lowest BCUT2D eigenvalue weighted by Crippen LogP contribution is -2.26. The number of carbonyl (C=O) groups excluding carboxylic acids is 1. The van der Waals surface area contributed by atoms with E-state index in [2.05, 4.69) is 28.0 Å². The predicted molar refractivity (Wildman–Crippen MR) is 93.4 cm³/mol. The van der Waals surface area contributed by atoms with Gasteiger partial charge in [-0.1, -0.05) is 18.7 Å². The molecule has 0 saturated carbocycles. The van der Waals surface area contributed by atoms with E-state index >= 15 is 0 Å². The smallest absolute Gasteiger partial charge is 0.247 e. The number of carbonyl (C=O) groups is 1. The minimum absolute atomic E-state index is 0.144. The quantitative estimate of drug-likeness (QED) is 0.408. The molecule has 1 unspecified atom stereocenters. The third-order valence-corrected chi connectivity index (χ3v) is 3.47. The van der Waals surface area contributed by atoms with Gasteiger partial charge >= 0.3 is 0 Å². The molecule has 1 heterocycles. The first-order chi connectivity index (χ1) is 11.1. The third kappa shape index (κ3) is 4.81. The van der Waals surface area contributed by atoms with Crippen LogP contribution in [0.2, 0.25) is 0 Å². The van der Waals surface area contributed by atoms with Crippen LogP contribution in [-0.4, -0.2) is 17.5 Å². The molecule has 0 fully saturated rings. The van der Waals surface area contributed by atoms with Crippen LogP contribution in [-0.2, 0) is 4.79 Å².